The molecular weight excluding hydrogens is 352 g/mol. The number of nitro benzene ring substituents is 1. The van der Waals surface area contributed by atoms with Crippen molar-refractivity contribution in [3.63, 3.8) is 0 Å². The molecule has 27 heavy (non-hydrogen) atoms. The van der Waals surface area contributed by atoms with Crippen molar-refractivity contribution < 1.29 is 24.4 Å². The summed E-state index contributed by atoms with van der Waals surface area (Å²) in [6.07, 6.45) is 0.941. The summed E-state index contributed by atoms with van der Waals surface area (Å²) in [6, 6.07) is 10.3. The van der Waals surface area contributed by atoms with Crippen LogP contribution in [-0.2, 0) is 4.79 Å². The van der Waals surface area contributed by atoms with Crippen LogP contribution in [-0.4, -0.2) is 28.4 Å². The molecular formula is C19H18N2O6. The Hall–Kier alpha value is -3.68. The monoisotopic (exact) mass is 370 g/mol. The van der Waals surface area contributed by atoms with Gasteiger partial charge in [-0.1, -0.05) is 6.07 Å². The molecule has 0 bridgehead atoms. The van der Waals surface area contributed by atoms with Gasteiger partial charge < -0.3 is 15.2 Å². The van der Waals surface area contributed by atoms with Crippen LogP contribution < -0.4 is 10.1 Å². The van der Waals surface area contributed by atoms with Crippen molar-refractivity contribution in [1.29, 1.82) is 0 Å². The second kappa shape index (κ2) is 8.61. The van der Waals surface area contributed by atoms with Crippen LogP contribution in [0.3, 0.4) is 0 Å². The van der Waals surface area contributed by atoms with Gasteiger partial charge in [-0.2, -0.15) is 0 Å². The molecule has 0 aliphatic rings. The van der Waals surface area contributed by atoms with Gasteiger partial charge in [-0.25, -0.2) is 4.79 Å². The quantitative estimate of drug-likeness (QED) is 0.315. The largest absolute Gasteiger partial charge is 0.494 e. The Bertz CT molecular complexity index is 903. The zero-order valence-electron chi connectivity index (χ0n) is 14.8. The first-order valence-corrected chi connectivity index (χ1v) is 8.06. The summed E-state index contributed by atoms with van der Waals surface area (Å²) >= 11 is 0. The first kappa shape index (κ1) is 19.6. The van der Waals surface area contributed by atoms with E-state index in [4.69, 9.17) is 4.74 Å². The normalized spacial score (nSPS) is 11.0. The van der Waals surface area contributed by atoms with Gasteiger partial charge in [0.1, 0.15) is 11.4 Å². The number of hydrogen-bond donors (Lipinski definition) is 2. The number of ether oxygens (including phenoxy) is 1. The minimum Gasteiger partial charge on any atom is -0.494 e. The van der Waals surface area contributed by atoms with Gasteiger partial charge in [0.25, 0.3) is 5.69 Å². The average Bonchev–Trinajstić information content (AvgIpc) is 2.63. The van der Waals surface area contributed by atoms with Crippen LogP contribution in [0.25, 0.3) is 0 Å². The van der Waals surface area contributed by atoms with Gasteiger partial charge in [0.2, 0.25) is 0 Å². The number of aryl methyl sites for hydroxylation is 1. The van der Waals surface area contributed by atoms with E-state index < -0.39 is 22.4 Å². The molecule has 8 nitrogen and oxygen atoms in total. The van der Waals surface area contributed by atoms with Crippen LogP contribution in [0.4, 0.5) is 11.4 Å². The number of carboxylic acid groups (broad SMARTS) is 1. The first-order valence-electron chi connectivity index (χ1n) is 8.06. The highest BCUT2D eigenvalue weighted by Crippen LogP contribution is 2.23. The number of carbonyl (C=O) groups is 2. The molecule has 0 heterocycles. The van der Waals surface area contributed by atoms with Crippen molar-refractivity contribution in [2.75, 3.05) is 11.9 Å². The van der Waals surface area contributed by atoms with Crippen molar-refractivity contribution in [3.05, 3.63) is 75.5 Å². The van der Waals surface area contributed by atoms with E-state index in [1.807, 2.05) is 6.92 Å². The molecule has 2 N–H and O–H groups in total. The second-order valence-corrected chi connectivity index (χ2v) is 5.57. The fraction of sp³-hybridized carbons (Fsp3) is 0.158. The molecule has 0 spiro atoms. The molecule has 8 heteroatoms. The van der Waals surface area contributed by atoms with E-state index >= 15 is 0 Å². The Morgan fingerprint density at radius 3 is 2.44 bits per heavy atom. The van der Waals surface area contributed by atoms with Crippen molar-refractivity contribution in [1.82, 2.24) is 0 Å². The maximum Gasteiger partial charge on any atom is 0.352 e. The number of non-ortho nitro benzene ring substituents is 1. The van der Waals surface area contributed by atoms with Crippen LogP contribution in [0.1, 0.15) is 22.8 Å². The zero-order valence-corrected chi connectivity index (χ0v) is 14.8. The SMILES string of the molecule is CCOc1ccc(C(=O)C=C(Nc2cc([N+](=O)[O-])ccc2C)C(=O)O)cc1. The van der Waals surface area contributed by atoms with E-state index in [-0.39, 0.29) is 16.9 Å². The van der Waals surface area contributed by atoms with Gasteiger partial charge in [-0.3, -0.25) is 14.9 Å². The lowest BCUT2D eigenvalue weighted by Gasteiger charge is -2.10. The highest BCUT2D eigenvalue weighted by molar-refractivity contribution is 6.09. The molecule has 2 aromatic rings. The molecule has 0 aliphatic carbocycles. The lowest BCUT2D eigenvalue weighted by molar-refractivity contribution is -0.384. The van der Waals surface area contributed by atoms with E-state index in [1.54, 1.807) is 19.1 Å². The van der Waals surface area contributed by atoms with E-state index in [9.17, 15) is 24.8 Å². The third kappa shape index (κ3) is 5.15. The van der Waals surface area contributed by atoms with Gasteiger partial charge >= 0.3 is 5.97 Å². The minimum absolute atomic E-state index is 0.189. The van der Waals surface area contributed by atoms with Crippen LogP contribution >= 0.6 is 0 Å². The summed E-state index contributed by atoms with van der Waals surface area (Å²) in [5.41, 5.74) is 0.538. The minimum atomic E-state index is -1.36. The Balaban J connectivity index is 2.29. The number of aliphatic carboxylic acids is 1. The molecule has 0 aliphatic heterocycles. The third-order valence-corrected chi connectivity index (χ3v) is 3.66. The molecule has 0 saturated carbocycles. The average molecular weight is 370 g/mol. The van der Waals surface area contributed by atoms with Crippen LogP contribution in [0.5, 0.6) is 5.75 Å². The highest BCUT2D eigenvalue weighted by Gasteiger charge is 2.15. The van der Waals surface area contributed by atoms with E-state index in [1.165, 1.54) is 30.3 Å². The number of carboxylic acids is 1. The Morgan fingerprint density at radius 1 is 1.22 bits per heavy atom. The lowest BCUT2D eigenvalue weighted by atomic mass is 10.1. The summed E-state index contributed by atoms with van der Waals surface area (Å²) < 4.78 is 5.29. The summed E-state index contributed by atoms with van der Waals surface area (Å²) in [6.45, 7) is 3.99. The second-order valence-electron chi connectivity index (χ2n) is 5.57. The number of hydrogen-bond acceptors (Lipinski definition) is 6. The van der Waals surface area contributed by atoms with Gasteiger partial charge in [0, 0.05) is 29.5 Å². The standard InChI is InChI=1S/C19H18N2O6/c1-3-27-15-8-5-13(6-9-15)18(22)11-17(19(23)24)20-16-10-14(21(25)26)7-4-12(16)2/h4-11,20H,3H2,1-2H3,(H,23,24). The molecule has 0 amide bonds. The molecule has 0 saturated heterocycles. The maximum absolute atomic E-state index is 12.4. The summed E-state index contributed by atoms with van der Waals surface area (Å²) in [5, 5.41) is 22.9. The number of allylic oxidation sites excluding steroid dienone is 1. The van der Waals surface area contributed by atoms with Crippen LogP contribution in [0.15, 0.2) is 54.2 Å². The van der Waals surface area contributed by atoms with Crippen molar-refractivity contribution in [3.8, 4) is 5.75 Å². The van der Waals surface area contributed by atoms with E-state index in [0.717, 1.165) is 6.08 Å². The Labute approximate surface area is 155 Å². The number of nitrogens with one attached hydrogen (secondary N) is 1. The number of rotatable bonds is 8. The summed E-state index contributed by atoms with van der Waals surface area (Å²) in [5.74, 6) is -1.28. The third-order valence-electron chi connectivity index (χ3n) is 3.66. The highest BCUT2D eigenvalue weighted by atomic mass is 16.6. The number of anilines is 1. The predicted molar refractivity (Wildman–Crippen MR) is 99.1 cm³/mol. The van der Waals surface area contributed by atoms with Crippen LogP contribution in [0, 0.1) is 17.0 Å². The number of nitro groups is 1. The number of ketones is 1. The molecule has 0 atom stereocenters. The summed E-state index contributed by atoms with van der Waals surface area (Å²) in [7, 11) is 0. The van der Waals surface area contributed by atoms with Crippen molar-refractivity contribution in [2.24, 2.45) is 0 Å². The fourth-order valence-electron chi connectivity index (χ4n) is 2.25. The Morgan fingerprint density at radius 2 is 1.89 bits per heavy atom. The predicted octanol–water partition coefficient (Wildman–Crippen LogP) is 3.57. The number of benzene rings is 2. The van der Waals surface area contributed by atoms with Crippen molar-refractivity contribution in [2.45, 2.75) is 13.8 Å². The van der Waals surface area contributed by atoms with E-state index in [2.05, 4.69) is 5.32 Å². The first-order chi connectivity index (χ1) is 12.8. The molecule has 0 aromatic heterocycles. The smallest absolute Gasteiger partial charge is 0.352 e. The molecule has 140 valence electrons. The lowest BCUT2D eigenvalue weighted by Crippen LogP contribution is -2.13. The van der Waals surface area contributed by atoms with Crippen LogP contribution in [0.2, 0.25) is 0 Å². The van der Waals surface area contributed by atoms with Gasteiger partial charge in [0.05, 0.1) is 11.5 Å². The van der Waals surface area contributed by atoms with Gasteiger partial charge in [-0.05, 0) is 43.7 Å². The molecule has 2 aromatic carbocycles. The maximum atomic E-state index is 12.4. The van der Waals surface area contributed by atoms with Gasteiger partial charge in [-0.15, -0.1) is 0 Å². The Kier molecular flexibility index (Phi) is 6.27. The number of nitrogens with zero attached hydrogens (tertiary/aromatic N) is 1. The molecule has 0 fully saturated rings. The number of carbonyl (C=O) groups excluding carboxylic acids is 1. The van der Waals surface area contributed by atoms with Crippen molar-refractivity contribution >= 4 is 23.1 Å². The zero-order chi connectivity index (χ0) is 20.0. The fourth-order valence-corrected chi connectivity index (χ4v) is 2.25. The molecule has 0 unspecified atom stereocenters. The molecule has 2 rings (SSSR count). The molecule has 0 radical (unpaired) electrons. The summed E-state index contributed by atoms with van der Waals surface area (Å²) in [4.78, 5) is 34.2. The van der Waals surface area contributed by atoms with E-state index in [0.29, 0.717) is 17.9 Å². The topological polar surface area (TPSA) is 119 Å². The van der Waals surface area contributed by atoms with Gasteiger partial charge in [0.15, 0.2) is 5.78 Å².